The second-order valence-corrected chi connectivity index (χ2v) is 8.18. The molecule has 1 amide bonds. The first-order valence-corrected chi connectivity index (χ1v) is 10.6. The van der Waals surface area contributed by atoms with Gasteiger partial charge in [-0.3, -0.25) is 9.59 Å². The van der Waals surface area contributed by atoms with Crippen LogP contribution in [0.15, 0.2) is 83.6 Å². The predicted molar refractivity (Wildman–Crippen MR) is 115 cm³/mol. The molecule has 28 heavy (non-hydrogen) atoms. The van der Waals surface area contributed by atoms with E-state index in [1.165, 1.54) is 11.3 Å². The van der Waals surface area contributed by atoms with Gasteiger partial charge in [-0.05, 0) is 52.2 Å². The lowest BCUT2D eigenvalue weighted by molar-refractivity contribution is 0.0950. The van der Waals surface area contributed by atoms with E-state index in [0.29, 0.717) is 22.5 Å². The summed E-state index contributed by atoms with van der Waals surface area (Å²) < 4.78 is 0. The number of carbonyl (C=O) groups excluding carboxylic acids is 2. The normalized spacial score (nSPS) is 10.6. The maximum absolute atomic E-state index is 12.5. The fourth-order valence-corrected chi connectivity index (χ4v) is 4.41. The molecule has 4 aromatic rings. The smallest absolute Gasteiger partial charge is 0.251 e. The second-order valence-electron chi connectivity index (χ2n) is 6.23. The van der Waals surface area contributed by atoms with Crippen molar-refractivity contribution in [1.82, 2.24) is 5.32 Å². The summed E-state index contributed by atoms with van der Waals surface area (Å²) in [5, 5.41) is 7.04. The van der Waals surface area contributed by atoms with Gasteiger partial charge in [0.1, 0.15) is 0 Å². The largest absolute Gasteiger partial charge is 0.347 e. The summed E-state index contributed by atoms with van der Waals surface area (Å²) in [7, 11) is 0. The molecule has 138 valence electrons. The first-order chi connectivity index (χ1) is 13.7. The number of hydrogen-bond donors (Lipinski definition) is 1. The topological polar surface area (TPSA) is 46.2 Å². The van der Waals surface area contributed by atoms with Gasteiger partial charge in [-0.25, -0.2) is 0 Å². The Balaban J connectivity index is 1.37. The van der Waals surface area contributed by atoms with Crippen LogP contribution in [0.2, 0.25) is 0 Å². The Labute approximate surface area is 171 Å². The minimum Gasteiger partial charge on any atom is -0.347 e. The van der Waals surface area contributed by atoms with Gasteiger partial charge in [0.15, 0.2) is 0 Å². The summed E-state index contributed by atoms with van der Waals surface area (Å²) in [5.74, 6) is -0.117. The number of thiophene rings is 2. The molecule has 4 rings (SSSR count). The van der Waals surface area contributed by atoms with E-state index in [1.807, 2.05) is 72.1 Å². The van der Waals surface area contributed by atoms with Crippen molar-refractivity contribution in [2.45, 2.75) is 6.54 Å². The molecule has 1 N–H and O–H groups in total. The van der Waals surface area contributed by atoms with Crippen LogP contribution < -0.4 is 5.32 Å². The third-order valence-electron chi connectivity index (χ3n) is 4.35. The van der Waals surface area contributed by atoms with Crippen LogP contribution in [0.5, 0.6) is 0 Å². The van der Waals surface area contributed by atoms with Crippen molar-refractivity contribution in [1.29, 1.82) is 0 Å². The Morgan fingerprint density at radius 3 is 2.29 bits per heavy atom. The molecule has 0 atom stereocenters. The zero-order chi connectivity index (χ0) is 19.3. The van der Waals surface area contributed by atoms with Crippen molar-refractivity contribution in [3.05, 3.63) is 104 Å². The molecule has 0 bridgehead atoms. The predicted octanol–water partition coefficient (Wildman–Crippen LogP) is 5.64. The fourth-order valence-electron chi connectivity index (χ4n) is 2.84. The molecule has 0 aliphatic heterocycles. The second kappa shape index (κ2) is 8.33. The van der Waals surface area contributed by atoms with Gasteiger partial charge in [0.2, 0.25) is 5.78 Å². The van der Waals surface area contributed by atoms with E-state index in [4.69, 9.17) is 0 Å². The quantitative estimate of drug-likeness (QED) is 0.424. The molecule has 0 spiro atoms. The van der Waals surface area contributed by atoms with Crippen molar-refractivity contribution in [2.75, 3.05) is 0 Å². The first-order valence-electron chi connectivity index (χ1n) is 8.80. The lowest BCUT2D eigenvalue weighted by Crippen LogP contribution is -2.22. The third kappa shape index (κ3) is 4.11. The van der Waals surface area contributed by atoms with E-state index in [2.05, 4.69) is 16.8 Å². The highest BCUT2D eigenvalue weighted by Gasteiger charge is 2.12. The van der Waals surface area contributed by atoms with Gasteiger partial charge in [0.25, 0.3) is 5.91 Å². The molecular weight excluding hydrogens is 386 g/mol. The Bertz CT molecular complexity index is 1080. The maximum atomic E-state index is 12.5. The number of hydrogen-bond acceptors (Lipinski definition) is 4. The van der Waals surface area contributed by atoms with Crippen molar-refractivity contribution >= 4 is 34.4 Å². The molecule has 2 aromatic carbocycles. The fraction of sp³-hybridized carbons (Fsp3) is 0.0435. The summed E-state index contributed by atoms with van der Waals surface area (Å²) in [4.78, 5) is 26.5. The lowest BCUT2D eigenvalue weighted by Gasteiger charge is -2.05. The Hall–Kier alpha value is -3.02. The van der Waals surface area contributed by atoms with Crippen LogP contribution in [-0.2, 0) is 6.54 Å². The number of rotatable bonds is 6. The van der Waals surface area contributed by atoms with Crippen molar-refractivity contribution < 1.29 is 9.59 Å². The molecule has 0 saturated carbocycles. The highest BCUT2D eigenvalue weighted by molar-refractivity contribution is 7.14. The number of carbonyl (C=O) groups is 2. The SMILES string of the molecule is O=C(NCc1ccc(C(=O)c2ccccc2)s1)c1ccc(-c2ccsc2)cc1. The number of ketones is 1. The van der Waals surface area contributed by atoms with Crippen molar-refractivity contribution in [3.8, 4) is 11.1 Å². The summed E-state index contributed by atoms with van der Waals surface area (Å²) in [6.07, 6.45) is 0. The lowest BCUT2D eigenvalue weighted by atomic mass is 10.1. The summed E-state index contributed by atoms with van der Waals surface area (Å²) in [6.45, 7) is 0.401. The van der Waals surface area contributed by atoms with Gasteiger partial charge in [-0.15, -0.1) is 11.3 Å². The third-order valence-corrected chi connectivity index (χ3v) is 6.11. The van der Waals surface area contributed by atoms with Gasteiger partial charge in [-0.2, -0.15) is 11.3 Å². The van der Waals surface area contributed by atoms with Gasteiger partial charge >= 0.3 is 0 Å². The van der Waals surface area contributed by atoms with Crippen LogP contribution >= 0.6 is 22.7 Å². The molecule has 2 heterocycles. The molecule has 5 heteroatoms. The highest BCUT2D eigenvalue weighted by atomic mass is 32.1. The molecule has 2 aromatic heterocycles. The van der Waals surface area contributed by atoms with E-state index in [1.54, 1.807) is 11.3 Å². The van der Waals surface area contributed by atoms with E-state index >= 15 is 0 Å². The Morgan fingerprint density at radius 2 is 1.57 bits per heavy atom. The van der Waals surface area contributed by atoms with Gasteiger partial charge in [0, 0.05) is 16.0 Å². The average Bonchev–Trinajstić information content (AvgIpc) is 3.44. The van der Waals surface area contributed by atoms with Crippen molar-refractivity contribution in [2.24, 2.45) is 0 Å². The van der Waals surface area contributed by atoms with E-state index in [-0.39, 0.29) is 11.7 Å². The minimum absolute atomic E-state index is 0.00666. The Kier molecular flexibility index (Phi) is 5.46. The molecule has 0 saturated heterocycles. The standard InChI is InChI=1S/C23H17NO2S2/c25-22(17-4-2-1-3-5-17)21-11-10-20(28-21)14-24-23(26)18-8-6-16(7-9-18)19-12-13-27-15-19/h1-13,15H,14H2,(H,24,26). The van der Waals surface area contributed by atoms with Gasteiger partial charge in [-0.1, -0.05) is 42.5 Å². The molecule has 0 fully saturated rings. The van der Waals surface area contributed by atoms with E-state index in [0.717, 1.165) is 16.0 Å². The van der Waals surface area contributed by atoms with Gasteiger partial charge < -0.3 is 5.32 Å². The summed E-state index contributed by atoms with van der Waals surface area (Å²) in [6, 6.07) is 22.6. The number of nitrogens with one attached hydrogen (secondary N) is 1. The molecule has 0 aliphatic rings. The monoisotopic (exact) mass is 403 g/mol. The molecular formula is C23H17NO2S2. The average molecular weight is 404 g/mol. The van der Waals surface area contributed by atoms with Crippen LogP contribution in [0.4, 0.5) is 0 Å². The minimum atomic E-state index is -0.124. The number of benzene rings is 2. The van der Waals surface area contributed by atoms with Crippen LogP contribution in [-0.4, -0.2) is 11.7 Å². The number of amides is 1. The molecule has 0 unspecified atom stereocenters. The van der Waals surface area contributed by atoms with Gasteiger partial charge in [0.05, 0.1) is 11.4 Å². The molecule has 3 nitrogen and oxygen atoms in total. The van der Waals surface area contributed by atoms with Crippen LogP contribution in [0.1, 0.15) is 30.5 Å². The van der Waals surface area contributed by atoms with Crippen LogP contribution in [0.3, 0.4) is 0 Å². The zero-order valence-corrected chi connectivity index (χ0v) is 16.6. The highest BCUT2D eigenvalue weighted by Crippen LogP contribution is 2.23. The zero-order valence-electron chi connectivity index (χ0n) is 14.9. The van der Waals surface area contributed by atoms with E-state index < -0.39 is 0 Å². The summed E-state index contributed by atoms with van der Waals surface area (Å²) in [5.41, 5.74) is 3.55. The van der Waals surface area contributed by atoms with Crippen LogP contribution in [0.25, 0.3) is 11.1 Å². The molecule has 0 aliphatic carbocycles. The molecule has 0 radical (unpaired) electrons. The van der Waals surface area contributed by atoms with Crippen LogP contribution in [0, 0.1) is 0 Å². The summed E-state index contributed by atoms with van der Waals surface area (Å²) >= 11 is 3.06. The Morgan fingerprint density at radius 1 is 0.786 bits per heavy atom. The first kappa shape index (κ1) is 18.3. The van der Waals surface area contributed by atoms with Crippen molar-refractivity contribution in [3.63, 3.8) is 0 Å². The van der Waals surface area contributed by atoms with E-state index in [9.17, 15) is 9.59 Å². The maximum Gasteiger partial charge on any atom is 0.251 e.